The topological polar surface area (TPSA) is 87.7 Å². The predicted molar refractivity (Wildman–Crippen MR) is 109 cm³/mol. The van der Waals surface area contributed by atoms with E-state index < -0.39 is 10.0 Å². The molecule has 8 heteroatoms. The van der Waals surface area contributed by atoms with Crippen molar-refractivity contribution in [2.45, 2.75) is 18.9 Å². The van der Waals surface area contributed by atoms with Crippen molar-refractivity contribution >= 4 is 21.7 Å². The number of carbonyl (C=O) groups is 1. The molecule has 0 saturated carbocycles. The Morgan fingerprint density at radius 3 is 2.39 bits per heavy atom. The van der Waals surface area contributed by atoms with Crippen molar-refractivity contribution in [3.05, 3.63) is 59.7 Å². The van der Waals surface area contributed by atoms with E-state index >= 15 is 0 Å². The molecule has 2 aromatic rings. The van der Waals surface area contributed by atoms with Gasteiger partial charge in [0.1, 0.15) is 5.75 Å². The molecule has 0 spiro atoms. The lowest BCUT2D eigenvalue weighted by atomic mass is 9.98. The quantitative estimate of drug-likeness (QED) is 0.776. The normalized spacial score (nSPS) is 17.3. The van der Waals surface area contributed by atoms with Crippen LogP contribution in [0.5, 0.6) is 5.75 Å². The Morgan fingerprint density at radius 2 is 1.82 bits per heavy atom. The zero-order valence-corrected chi connectivity index (χ0v) is 16.8. The maximum Gasteiger partial charge on any atom is 0.319 e. The highest BCUT2D eigenvalue weighted by Gasteiger charge is 2.29. The van der Waals surface area contributed by atoms with Gasteiger partial charge in [0.2, 0.25) is 10.0 Å². The molecule has 1 unspecified atom stereocenters. The molecular formula is C20H25N3O4S. The first kappa shape index (κ1) is 20.2. The highest BCUT2D eigenvalue weighted by atomic mass is 32.2. The second-order valence-corrected chi connectivity index (χ2v) is 8.87. The third kappa shape index (κ3) is 5.24. The number of nitrogens with zero attached hydrogens (tertiary/aromatic N) is 1. The number of hydrogen-bond acceptors (Lipinski definition) is 4. The Kier molecular flexibility index (Phi) is 6.21. The molecule has 2 amide bonds. The molecular weight excluding hydrogens is 378 g/mol. The van der Waals surface area contributed by atoms with Crippen LogP contribution < -0.4 is 15.4 Å². The van der Waals surface area contributed by atoms with E-state index in [0.29, 0.717) is 25.3 Å². The van der Waals surface area contributed by atoms with Crippen LogP contribution in [0.2, 0.25) is 0 Å². The molecule has 1 fully saturated rings. The van der Waals surface area contributed by atoms with Gasteiger partial charge in [-0.2, -0.15) is 0 Å². The molecule has 1 aliphatic rings. The molecule has 150 valence electrons. The molecule has 1 saturated heterocycles. The number of sulfonamides is 1. The summed E-state index contributed by atoms with van der Waals surface area (Å²) in [6, 6.07) is 14.8. The fourth-order valence-electron chi connectivity index (χ4n) is 3.24. The fourth-order valence-corrected chi connectivity index (χ4v) is 4.13. The van der Waals surface area contributed by atoms with E-state index in [-0.39, 0.29) is 11.9 Å². The van der Waals surface area contributed by atoms with Crippen molar-refractivity contribution < 1.29 is 17.9 Å². The van der Waals surface area contributed by atoms with Gasteiger partial charge in [0.25, 0.3) is 0 Å². The van der Waals surface area contributed by atoms with Gasteiger partial charge in [-0.3, -0.25) is 0 Å². The number of nitrogens with one attached hydrogen (secondary N) is 2. The second-order valence-electron chi connectivity index (χ2n) is 6.88. The molecule has 3 rings (SSSR count). The zero-order chi connectivity index (χ0) is 20.1. The van der Waals surface area contributed by atoms with E-state index in [1.165, 1.54) is 10.6 Å². The molecule has 1 atom stereocenters. The van der Waals surface area contributed by atoms with Gasteiger partial charge in [0.15, 0.2) is 0 Å². The molecule has 7 nitrogen and oxygen atoms in total. The van der Waals surface area contributed by atoms with Crippen LogP contribution in [-0.4, -0.2) is 45.2 Å². The Hall–Kier alpha value is -2.58. The number of amides is 2. The van der Waals surface area contributed by atoms with Crippen LogP contribution >= 0.6 is 0 Å². The summed E-state index contributed by atoms with van der Waals surface area (Å²) in [4.78, 5) is 12.1. The lowest BCUT2D eigenvalue weighted by Crippen LogP contribution is -2.28. The minimum Gasteiger partial charge on any atom is -0.497 e. The number of methoxy groups -OCH3 is 1. The average Bonchev–Trinajstić information content (AvgIpc) is 3.18. The zero-order valence-electron chi connectivity index (χ0n) is 16.0. The van der Waals surface area contributed by atoms with Crippen LogP contribution in [0.25, 0.3) is 0 Å². The van der Waals surface area contributed by atoms with Gasteiger partial charge < -0.3 is 15.4 Å². The van der Waals surface area contributed by atoms with Crippen molar-refractivity contribution in [2.75, 3.05) is 31.8 Å². The monoisotopic (exact) mass is 403 g/mol. The van der Waals surface area contributed by atoms with E-state index in [1.54, 1.807) is 7.11 Å². The number of rotatable bonds is 6. The fraction of sp³-hybridized carbons (Fsp3) is 0.350. The first-order valence-electron chi connectivity index (χ1n) is 9.08. The minimum atomic E-state index is -3.14. The van der Waals surface area contributed by atoms with E-state index in [2.05, 4.69) is 10.6 Å². The van der Waals surface area contributed by atoms with Crippen LogP contribution in [-0.2, 0) is 16.6 Å². The summed E-state index contributed by atoms with van der Waals surface area (Å²) in [5.41, 5.74) is 2.74. The molecule has 28 heavy (non-hydrogen) atoms. The van der Waals surface area contributed by atoms with Gasteiger partial charge in [0.05, 0.1) is 13.4 Å². The van der Waals surface area contributed by atoms with Crippen molar-refractivity contribution in [3.8, 4) is 5.75 Å². The third-order valence-electron chi connectivity index (χ3n) is 4.87. The molecule has 2 aromatic carbocycles. The SMILES string of the molecule is COc1ccc(CNC(=O)Nc2ccc(C3CCN(S(C)(=O)=O)C3)cc2)cc1. The van der Waals surface area contributed by atoms with Crippen molar-refractivity contribution in [1.29, 1.82) is 0 Å². The maximum atomic E-state index is 12.1. The van der Waals surface area contributed by atoms with Gasteiger partial charge in [-0.1, -0.05) is 24.3 Å². The molecule has 2 N–H and O–H groups in total. The van der Waals surface area contributed by atoms with Gasteiger partial charge in [-0.05, 0) is 47.7 Å². The van der Waals surface area contributed by atoms with Gasteiger partial charge in [0, 0.05) is 25.3 Å². The Morgan fingerprint density at radius 1 is 1.14 bits per heavy atom. The molecule has 0 aromatic heterocycles. The summed E-state index contributed by atoms with van der Waals surface area (Å²) >= 11 is 0. The molecule has 1 aliphatic heterocycles. The van der Waals surface area contributed by atoms with Crippen LogP contribution in [0, 0.1) is 0 Å². The van der Waals surface area contributed by atoms with Crippen LogP contribution in [0.4, 0.5) is 10.5 Å². The first-order chi connectivity index (χ1) is 13.3. The summed E-state index contributed by atoms with van der Waals surface area (Å²) < 4.78 is 29.9. The highest BCUT2D eigenvalue weighted by molar-refractivity contribution is 7.88. The predicted octanol–water partition coefficient (Wildman–Crippen LogP) is 2.77. The van der Waals surface area contributed by atoms with E-state index in [4.69, 9.17) is 4.74 Å². The molecule has 1 heterocycles. The third-order valence-corrected chi connectivity index (χ3v) is 6.14. The first-order valence-corrected chi connectivity index (χ1v) is 10.9. The number of anilines is 1. The summed E-state index contributed by atoms with van der Waals surface area (Å²) in [5.74, 6) is 0.961. The summed E-state index contributed by atoms with van der Waals surface area (Å²) in [7, 11) is -1.53. The van der Waals surface area contributed by atoms with Gasteiger partial charge >= 0.3 is 6.03 Å². The number of benzene rings is 2. The lowest BCUT2D eigenvalue weighted by molar-refractivity contribution is 0.251. The highest BCUT2D eigenvalue weighted by Crippen LogP contribution is 2.29. The Labute approximate surface area is 165 Å². The molecule has 0 bridgehead atoms. The number of carbonyl (C=O) groups excluding carboxylic acids is 1. The van der Waals surface area contributed by atoms with Crippen molar-refractivity contribution in [3.63, 3.8) is 0 Å². The van der Waals surface area contributed by atoms with Crippen LogP contribution in [0.1, 0.15) is 23.5 Å². The standard InChI is InChI=1S/C20H25N3O4S/c1-27-19-9-3-15(4-10-19)13-21-20(24)22-18-7-5-16(6-8-18)17-11-12-23(14-17)28(2,25)26/h3-10,17H,11-14H2,1-2H3,(H2,21,22,24). The summed E-state index contributed by atoms with van der Waals surface area (Å²) in [5, 5.41) is 5.62. The number of hydrogen-bond donors (Lipinski definition) is 2. The van der Waals surface area contributed by atoms with Gasteiger partial charge in [-0.15, -0.1) is 0 Å². The largest absolute Gasteiger partial charge is 0.497 e. The van der Waals surface area contributed by atoms with Gasteiger partial charge in [-0.25, -0.2) is 17.5 Å². The molecule has 0 radical (unpaired) electrons. The number of ether oxygens (including phenoxy) is 1. The van der Waals surface area contributed by atoms with Crippen molar-refractivity contribution in [2.24, 2.45) is 0 Å². The number of urea groups is 1. The molecule has 0 aliphatic carbocycles. The average molecular weight is 404 g/mol. The Balaban J connectivity index is 1.50. The Bertz CT molecular complexity index is 911. The lowest BCUT2D eigenvalue weighted by Gasteiger charge is -2.14. The van der Waals surface area contributed by atoms with E-state index in [1.807, 2.05) is 48.5 Å². The van der Waals surface area contributed by atoms with E-state index in [9.17, 15) is 13.2 Å². The summed E-state index contributed by atoms with van der Waals surface area (Å²) in [6.45, 7) is 1.47. The van der Waals surface area contributed by atoms with Crippen LogP contribution in [0.3, 0.4) is 0 Å². The smallest absolute Gasteiger partial charge is 0.319 e. The van der Waals surface area contributed by atoms with E-state index in [0.717, 1.165) is 23.3 Å². The summed E-state index contributed by atoms with van der Waals surface area (Å²) in [6.07, 6.45) is 2.05. The van der Waals surface area contributed by atoms with Crippen molar-refractivity contribution in [1.82, 2.24) is 9.62 Å². The van der Waals surface area contributed by atoms with Crippen LogP contribution in [0.15, 0.2) is 48.5 Å². The second kappa shape index (κ2) is 8.62. The maximum absolute atomic E-state index is 12.1. The minimum absolute atomic E-state index is 0.188.